The Morgan fingerprint density at radius 2 is 0.544 bits per heavy atom. The molecule has 9 aromatic carbocycles. The Morgan fingerprint density at radius 3 is 0.982 bits per heavy atom. The SMILES string of the molecule is c1ccc(-c2ccc(-c3ccc(N(c4ccc(-c5cccc6c5Cc5ccccc5-6)cc4)c4ccc(-c5cccc6c5Cc5ccccc5-6)cc4)cc3)cc2)cc1. The average Bonchev–Trinajstić information content (AvgIpc) is 3.87. The molecule has 2 aliphatic rings. The summed E-state index contributed by atoms with van der Waals surface area (Å²) in [5.41, 5.74) is 24.4. The molecule has 0 saturated heterocycles. The highest BCUT2D eigenvalue weighted by molar-refractivity contribution is 5.88. The Balaban J connectivity index is 0.947. The third-order valence-electron chi connectivity index (χ3n) is 12.0. The first-order valence-electron chi connectivity index (χ1n) is 19.9. The van der Waals surface area contributed by atoms with Crippen LogP contribution in [0.2, 0.25) is 0 Å². The van der Waals surface area contributed by atoms with Gasteiger partial charge >= 0.3 is 0 Å². The monoisotopic (exact) mass is 725 g/mol. The molecule has 0 saturated carbocycles. The normalized spacial score (nSPS) is 12.1. The van der Waals surface area contributed by atoms with Crippen molar-refractivity contribution in [1.29, 1.82) is 0 Å². The highest BCUT2D eigenvalue weighted by atomic mass is 15.1. The molecule has 0 radical (unpaired) electrons. The lowest BCUT2D eigenvalue weighted by atomic mass is 9.95. The summed E-state index contributed by atoms with van der Waals surface area (Å²) < 4.78 is 0. The van der Waals surface area contributed by atoms with Crippen LogP contribution in [-0.2, 0) is 12.8 Å². The van der Waals surface area contributed by atoms with Crippen molar-refractivity contribution in [2.45, 2.75) is 12.8 Å². The Labute approximate surface area is 334 Å². The van der Waals surface area contributed by atoms with Gasteiger partial charge in [0.05, 0.1) is 0 Å². The van der Waals surface area contributed by atoms with E-state index in [1.54, 1.807) is 0 Å². The third-order valence-corrected chi connectivity index (χ3v) is 12.0. The summed E-state index contributed by atoms with van der Waals surface area (Å²) in [5.74, 6) is 0. The standard InChI is InChI=1S/C56H39N/c1-2-10-38(11-3-1)39-20-22-40(23-21-39)41-24-30-46(31-25-41)57(47-32-26-42(27-33-47)49-16-8-18-53-51-14-6-4-12-44(51)36-55(49)53)48-34-28-43(29-35-48)50-17-9-19-54-52-15-7-5-13-45(52)37-56(50)54/h1-35H,36-37H2. The van der Waals surface area contributed by atoms with Crippen LogP contribution >= 0.6 is 0 Å². The fourth-order valence-electron chi connectivity index (χ4n) is 9.17. The van der Waals surface area contributed by atoms with Crippen molar-refractivity contribution in [3.05, 3.63) is 235 Å². The van der Waals surface area contributed by atoms with Gasteiger partial charge in [-0.3, -0.25) is 0 Å². The predicted octanol–water partition coefficient (Wildman–Crippen LogP) is 15.0. The molecule has 0 heterocycles. The highest BCUT2D eigenvalue weighted by Crippen LogP contribution is 2.45. The number of rotatable bonds is 7. The lowest BCUT2D eigenvalue weighted by Gasteiger charge is -2.26. The van der Waals surface area contributed by atoms with Gasteiger partial charge in [-0.15, -0.1) is 0 Å². The van der Waals surface area contributed by atoms with Crippen LogP contribution in [0.4, 0.5) is 17.1 Å². The second kappa shape index (κ2) is 13.8. The minimum absolute atomic E-state index is 0.972. The predicted molar refractivity (Wildman–Crippen MR) is 239 cm³/mol. The van der Waals surface area contributed by atoms with Crippen LogP contribution in [0.15, 0.2) is 212 Å². The van der Waals surface area contributed by atoms with Gasteiger partial charge in [0.15, 0.2) is 0 Å². The molecule has 2 aliphatic carbocycles. The van der Waals surface area contributed by atoms with Crippen molar-refractivity contribution < 1.29 is 0 Å². The molecule has 0 amide bonds. The second-order valence-corrected chi connectivity index (χ2v) is 15.3. The van der Waals surface area contributed by atoms with Gasteiger partial charge < -0.3 is 4.90 Å². The first kappa shape index (κ1) is 33.1. The number of fused-ring (bicyclic) bond motifs is 6. The van der Waals surface area contributed by atoms with Crippen molar-refractivity contribution >= 4 is 17.1 Å². The number of nitrogens with zero attached hydrogens (tertiary/aromatic N) is 1. The molecule has 268 valence electrons. The van der Waals surface area contributed by atoms with Crippen molar-refractivity contribution in [2.24, 2.45) is 0 Å². The summed E-state index contributed by atoms with van der Waals surface area (Å²) in [6.45, 7) is 0. The largest absolute Gasteiger partial charge is 0.311 e. The van der Waals surface area contributed by atoms with Crippen molar-refractivity contribution in [3.8, 4) is 66.8 Å². The minimum atomic E-state index is 0.972. The lowest BCUT2D eigenvalue weighted by molar-refractivity contribution is 1.26. The van der Waals surface area contributed by atoms with Gasteiger partial charge in [-0.1, -0.05) is 176 Å². The Bertz CT molecular complexity index is 2760. The van der Waals surface area contributed by atoms with Crippen LogP contribution in [0.5, 0.6) is 0 Å². The number of hydrogen-bond acceptors (Lipinski definition) is 1. The fourth-order valence-corrected chi connectivity index (χ4v) is 9.17. The molecule has 9 aromatic rings. The summed E-state index contributed by atoms with van der Waals surface area (Å²) in [4.78, 5) is 2.38. The van der Waals surface area contributed by atoms with E-state index in [1.165, 1.54) is 89.0 Å². The zero-order valence-electron chi connectivity index (χ0n) is 31.6. The zero-order chi connectivity index (χ0) is 37.7. The molecule has 1 nitrogen and oxygen atoms in total. The van der Waals surface area contributed by atoms with Gasteiger partial charge in [-0.05, 0) is 138 Å². The summed E-state index contributed by atoms with van der Waals surface area (Å²) in [6.07, 6.45) is 1.94. The molecule has 1 heteroatoms. The van der Waals surface area contributed by atoms with E-state index in [9.17, 15) is 0 Å². The first-order chi connectivity index (χ1) is 28.2. The molecular weight excluding hydrogens is 687 g/mol. The molecular formula is C56H39N. The van der Waals surface area contributed by atoms with Gasteiger partial charge in [0, 0.05) is 17.1 Å². The molecule has 0 aromatic heterocycles. The Hall–Kier alpha value is -7.22. The van der Waals surface area contributed by atoms with Crippen LogP contribution in [-0.4, -0.2) is 0 Å². The van der Waals surface area contributed by atoms with E-state index in [0.717, 1.165) is 29.9 Å². The second-order valence-electron chi connectivity index (χ2n) is 15.3. The molecule has 0 unspecified atom stereocenters. The van der Waals surface area contributed by atoms with Crippen LogP contribution in [0, 0.1) is 0 Å². The quantitative estimate of drug-likeness (QED) is 0.158. The molecule has 57 heavy (non-hydrogen) atoms. The van der Waals surface area contributed by atoms with Gasteiger partial charge in [0.1, 0.15) is 0 Å². The fraction of sp³-hybridized carbons (Fsp3) is 0.0357. The Kier molecular flexibility index (Phi) is 8.03. The van der Waals surface area contributed by atoms with Crippen molar-refractivity contribution in [2.75, 3.05) is 4.90 Å². The maximum absolute atomic E-state index is 2.38. The zero-order valence-corrected chi connectivity index (χ0v) is 31.6. The van der Waals surface area contributed by atoms with Crippen LogP contribution in [0.1, 0.15) is 22.3 Å². The molecule has 0 bridgehead atoms. The molecule has 0 spiro atoms. The van der Waals surface area contributed by atoms with Crippen LogP contribution in [0.3, 0.4) is 0 Å². The van der Waals surface area contributed by atoms with E-state index in [2.05, 4.69) is 217 Å². The van der Waals surface area contributed by atoms with E-state index >= 15 is 0 Å². The van der Waals surface area contributed by atoms with Crippen molar-refractivity contribution in [1.82, 2.24) is 0 Å². The molecule has 0 aliphatic heterocycles. The van der Waals surface area contributed by atoms with Crippen LogP contribution < -0.4 is 4.90 Å². The molecule has 11 rings (SSSR count). The minimum Gasteiger partial charge on any atom is -0.311 e. The van der Waals surface area contributed by atoms with Gasteiger partial charge in [0.25, 0.3) is 0 Å². The van der Waals surface area contributed by atoms with Gasteiger partial charge in [-0.2, -0.15) is 0 Å². The first-order valence-corrected chi connectivity index (χ1v) is 19.9. The van der Waals surface area contributed by atoms with Gasteiger partial charge in [-0.25, -0.2) is 0 Å². The highest BCUT2D eigenvalue weighted by Gasteiger charge is 2.23. The topological polar surface area (TPSA) is 3.24 Å². The Morgan fingerprint density at radius 1 is 0.228 bits per heavy atom. The summed E-state index contributed by atoms with van der Waals surface area (Å²) >= 11 is 0. The molecule has 0 N–H and O–H groups in total. The lowest BCUT2D eigenvalue weighted by Crippen LogP contribution is -2.09. The van der Waals surface area contributed by atoms with E-state index in [1.807, 2.05) is 0 Å². The average molecular weight is 726 g/mol. The molecule has 0 fully saturated rings. The van der Waals surface area contributed by atoms with Crippen molar-refractivity contribution in [3.63, 3.8) is 0 Å². The van der Waals surface area contributed by atoms with E-state index in [-0.39, 0.29) is 0 Å². The molecule has 0 atom stereocenters. The van der Waals surface area contributed by atoms with Gasteiger partial charge in [0.2, 0.25) is 0 Å². The maximum Gasteiger partial charge on any atom is 0.0462 e. The van der Waals surface area contributed by atoms with E-state index < -0.39 is 0 Å². The summed E-state index contributed by atoms with van der Waals surface area (Å²) in [6, 6.07) is 77.9. The number of hydrogen-bond donors (Lipinski definition) is 0. The van der Waals surface area contributed by atoms with E-state index in [4.69, 9.17) is 0 Å². The summed E-state index contributed by atoms with van der Waals surface area (Å²) in [5, 5.41) is 0. The maximum atomic E-state index is 2.38. The summed E-state index contributed by atoms with van der Waals surface area (Å²) in [7, 11) is 0. The smallest absolute Gasteiger partial charge is 0.0462 e. The van der Waals surface area contributed by atoms with E-state index in [0.29, 0.717) is 0 Å². The van der Waals surface area contributed by atoms with Crippen LogP contribution in [0.25, 0.3) is 66.8 Å². The third kappa shape index (κ3) is 5.88. The number of anilines is 3. The number of benzene rings is 9.